The lowest BCUT2D eigenvalue weighted by Gasteiger charge is -2.30. The average molecular weight is 333 g/mol. The molecule has 2 heterocycles. The summed E-state index contributed by atoms with van der Waals surface area (Å²) < 4.78 is 48.6. The van der Waals surface area contributed by atoms with Gasteiger partial charge in [0.2, 0.25) is 20.0 Å². The van der Waals surface area contributed by atoms with Gasteiger partial charge in [-0.3, -0.25) is 4.98 Å². The van der Waals surface area contributed by atoms with E-state index in [1.54, 1.807) is 24.5 Å². The second kappa shape index (κ2) is 6.39. The highest BCUT2D eigenvalue weighted by Gasteiger charge is 2.33. The summed E-state index contributed by atoms with van der Waals surface area (Å²) in [7, 11) is -7.18. The Morgan fingerprint density at radius 2 is 1.90 bits per heavy atom. The Labute approximate surface area is 125 Å². The number of sulfonamides is 2. The average Bonchev–Trinajstić information content (AvgIpc) is 2.46. The Morgan fingerprint density at radius 1 is 1.24 bits per heavy atom. The van der Waals surface area contributed by atoms with Gasteiger partial charge in [-0.1, -0.05) is 0 Å². The summed E-state index contributed by atoms with van der Waals surface area (Å²) in [4.78, 5) is 3.88. The summed E-state index contributed by atoms with van der Waals surface area (Å²) in [6.45, 7) is 0.308. The van der Waals surface area contributed by atoms with Crippen LogP contribution in [-0.4, -0.2) is 50.2 Å². The highest BCUT2D eigenvalue weighted by atomic mass is 32.2. The molecule has 1 saturated heterocycles. The Balaban J connectivity index is 2.02. The van der Waals surface area contributed by atoms with Crippen LogP contribution in [0.1, 0.15) is 18.4 Å². The van der Waals surface area contributed by atoms with Crippen LogP contribution in [0.25, 0.3) is 0 Å². The SMILES string of the molecule is NS(=O)(=O)C1CCCN(S(=O)(=O)CCc2ccncc2)C1. The number of pyridine rings is 1. The number of hydrogen-bond donors (Lipinski definition) is 1. The van der Waals surface area contributed by atoms with Crippen molar-refractivity contribution in [1.82, 2.24) is 9.29 Å². The zero-order chi connectivity index (χ0) is 15.5. The fourth-order valence-corrected chi connectivity index (χ4v) is 4.89. The topological polar surface area (TPSA) is 110 Å². The minimum absolute atomic E-state index is 0.0441. The van der Waals surface area contributed by atoms with Gasteiger partial charge in [-0.05, 0) is 37.0 Å². The van der Waals surface area contributed by atoms with Crippen molar-refractivity contribution in [3.05, 3.63) is 30.1 Å². The molecule has 0 radical (unpaired) electrons. The predicted molar refractivity (Wildman–Crippen MR) is 79.4 cm³/mol. The lowest BCUT2D eigenvalue weighted by Crippen LogP contribution is -2.47. The van der Waals surface area contributed by atoms with Crippen molar-refractivity contribution in [2.45, 2.75) is 24.5 Å². The molecule has 1 aromatic heterocycles. The largest absolute Gasteiger partial charge is 0.265 e. The second-order valence-corrected chi connectivity index (χ2v) is 9.07. The predicted octanol–water partition coefficient (Wildman–Crippen LogP) is -0.293. The van der Waals surface area contributed by atoms with E-state index < -0.39 is 25.3 Å². The molecule has 1 atom stereocenters. The summed E-state index contributed by atoms with van der Waals surface area (Å²) >= 11 is 0. The van der Waals surface area contributed by atoms with Crippen molar-refractivity contribution >= 4 is 20.0 Å². The molecule has 1 fully saturated rings. The van der Waals surface area contributed by atoms with Crippen LogP contribution in [0.3, 0.4) is 0 Å². The molecule has 1 unspecified atom stereocenters. The van der Waals surface area contributed by atoms with Crippen LogP contribution in [0.4, 0.5) is 0 Å². The van der Waals surface area contributed by atoms with Gasteiger partial charge in [0.15, 0.2) is 0 Å². The van der Waals surface area contributed by atoms with Crippen molar-refractivity contribution in [1.29, 1.82) is 0 Å². The van der Waals surface area contributed by atoms with Crippen LogP contribution in [-0.2, 0) is 26.5 Å². The lowest BCUT2D eigenvalue weighted by molar-refractivity contribution is 0.346. The van der Waals surface area contributed by atoms with Gasteiger partial charge in [-0.15, -0.1) is 0 Å². The van der Waals surface area contributed by atoms with E-state index in [9.17, 15) is 16.8 Å². The van der Waals surface area contributed by atoms with E-state index in [0.717, 1.165) is 5.56 Å². The number of nitrogens with two attached hydrogens (primary N) is 1. The molecule has 118 valence electrons. The monoisotopic (exact) mass is 333 g/mol. The number of piperidine rings is 1. The molecule has 9 heteroatoms. The fourth-order valence-electron chi connectivity index (χ4n) is 2.35. The van der Waals surface area contributed by atoms with Crippen LogP contribution in [0.15, 0.2) is 24.5 Å². The molecule has 0 amide bonds. The highest BCUT2D eigenvalue weighted by Crippen LogP contribution is 2.19. The molecular formula is C12H19N3O4S2. The number of hydrogen-bond acceptors (Lipinski definition) is 5. The third kappa shape index (κ3) is 4.47. The molecule has 0 aliphatic carbocycles. The molecule has 0 aromatic carbocycles. The molecule has 1 aliphatic heterocycles. The van der Waals surface area contributed by atoms with E-state index in [2.05, 4.69) is 4.98 Å². The van der Waals surface area contributed by atoms with Crippen LogP contribution in [0.2, 0.25) is 0 Å². The zero-order valence-corrected chi connectivity index (χ0v) is 13.2. The van der Waals surface area contributed by atoms with Gasteiger partial charge in [0.25, 0.3) is 0 Å². The Kier molecular flexibility index (Phi) is 4.97. The van der Waals surface area contributed by atoms with E-state index in [0.29, 0.717) is 25.8 Å². The maximum absolute atomic E-state index is 12.3. The number of primary sulfonamides is 1. The van der Waals surface area contributed by atoms with Crippen LogP contribution in [0, 0.1) is 0 Å². The molecule has 2 rings (SSSR count). The quantitative estimate of drug-likeness (QED) is 0.796. The van der Waals surface area contributed by atoms with E-state index >= 15 is 0 Å². The fraction of sp³-hybridized carbons (Fsp3) is 0.583. The summed E-state index contributed by atoms with van der Waals surface area (Å²) in [5.74, 6) is -0.0473. The van der Waals surface area contributed by atoms with Gasteiger partial charge in [0.1, 0.15) is 0 Å². The van der Waals surface area contributed by atoms with E-state index in [1.165, 1.54) is 4.31 Å². The first-order valence-corrected chi connectivity index (χ1v) is 9.89. The zero-order valence-electron chi connectivity index (χ0n) is 11.6. The van der Waals surface area contributed by atoms with Gasteiger partial charge in [0, 0.05) is 25.5 Å². The molecular weight excluding hydrogens is 314 g/mol. The molecule has 0 bridgehead atoms. The second-order valence-electron chi connectivity index (χ2n) is 5.13. The molecule has 0 spiro atoms. The first kappa shape index (κ1) is 16.3. The van der Waals surface area contributed by atoms with Crippen molar-refractivity contribution in [3.8, 4) is 0 Å². The van der Waals surface area contributed by atoms with Crippen LogP contribution in [0.5, 0.6) is 0 Å². The normalized spacial score (nSPS) is 21.3. The van der Waals surface area contributed by atoms with Crippen molar-refractivity contribution in [3.63, 3.8) is 0 Å². The van der Waals surface area contributed by atoms with Crippen LogP contribution >= 0.6 is 0 Å². The number of aryl methyl sites for hydroxylation is 1. The third-order valence-electron chi connectivity index (χ3n) is 3.60. The van der Waals surface area contributed by atoms with E-state index in [1.807, 2.05) is 0 Å². The lowest BCUT2D eigenvalue weighted by atomic mass is 10.2. The van der Waals surface area contributed by atoms with E-state index in [-0.39, 0.29) is 12.3 Å². The third-order valence-corrected chi connectivity index (χ3v) is 6.75. The smallest absolute Gasteiger partial charge is 0.214 e. The van der Waals surface area contributed by atoms with E-state index in [4.69, 9.17) is 5.14 Å². The maximum Gasteiger partial charge on any atom is 0.214 e. The van der Waals surface area contributed by atoms with Crippen molar-refractivity contribution < 1.29 is 16.8 Å². The van der Waals surface area contributed by atoms with Gasteiger partial charge >= 0.3 is 0 Å². The summed E-state index contributed by atoms with van der Waals surface area (Å²) in [5, 5.41) is 4.32. The Morgan fingerprint density at radius 3 is 2.52 bits per heavy atom. The minimum atomic E-state index is -3.70. The highest BCUT2D eigenvalue weighted by molar-refractivity contribution is 7.90. The summed E-state index contributed by atoms with van der Waals surface area (Å²) in [5.41, 5.74) is 0.883. The molecule has 0 saturated carbocycles. The number of nitrogens with zero attached hydrogens (tertiary/aromatic N) is 2. The molecule has 7 nitrogen and oxygen atoms in total. The van der Waals surface area contributed by atoms with Gasteiger partial charge in [-0.25, -0.2) is 26.3 Å². The summed E-state index contributed by atoms with van der Waals surface area (Å²) in [6.07, 6.45) is 4.52. The van der Waals surface area contributed by atoms with Crippen molar-refractivity contribution in [2.75, 3.05) is 18.8 Å². The minimum Gasteiger partial charge on any atom is -0.265 e. The number of aromatic nitrogens is 1. The van der Waals surface area contributed by atoms with Gasteiger partial charge in [0.05, 0.1) is 11.0 Å². The Hall–Kier alpha value is -1.03. The van der Waals surface area contributed by atoms with Crippen molar-refractivity contribution in [2.24, 2.45) is 5.14 Å². The molecule has 1 aliphatic rings. The molecule has 21 heavy (non-hydrogen) atoms. The Bertz CT molecular complexity index is 674. The first-order chi connectivity index (χ1) is 9.79. The number of rotatable bonds is 5. The molecule has 1 aromatic rings. The standard InChI is InChI=1S/C12H19N3O4S2/c13-21(18,19)12-2-1-8-15(10-12)20(16,17)9-5-11-3-6-14-7-4-11/h3-4,6-7,12H,1-2,5,8-10H2,(H2,13,18,19). The molecule has 2 N–H and O–H groups in total. The maximum atomic E-state index is 12.3. The van der Waals surface area contributed by atoms with Crippen LogP contribution < -0.4 is 5.14 Å². The first-order valence-electron chi connectivity index (χ1n) is 6.67. The van der Waals surface area contributed by atoms with Gasteiger partial charge < -0.3 is 0 Å². The van der Waals surface area contributed by atoms with Gasteiger partial charge in [-0.2, -0.15) is 0 Å². The summed E-state index contributed by atoms with van der Waals surface area (Å²) in [6, 6.07) is 3.53.